The minimum Gasteiger partial charge on any atom is -0.454 e. The molecule has 0 bridgehead atoms. The van der Waals surface area contributed by atoms with Crippen molar-refractivity contribution in [2.75, 3.05) is 11.9 Å². The fraction of sp³-hybridized carbons (Fsp3) is 0.545. The van der Waals surface area contributed by atoms with E-state index in [0.29, 0.717) is 0 Å². The fourth-order valence-corrected chi connectivity index (χ4v) is 1.48. The maximum atomic E-state index is 11.7. The second-order valence-corrected chi connectivity index (χ2v) is 4.75. The first-order chi connectivity index (χ1) is 7.46. The molecule has 0 fully saturated rings. The molecule has 0 amide bonds. The maximum Gasteiger partial charge on any atom is 0.376 e. The summed E-state index contributed by atoms with van der Waals surface area (Å²) in [6.07, 6.45) is 2.59. The maximum absolute atomic E-state index is 11.7. The molecule has 1 aliphatic heterocycles. The Morgan fingerprint density at radius 2 is 2.25 bits per heavy atom. The molecule has 2 rings (SSSR count). The molecular weight excluding hydrogens is 206 g/mol. The molecule has 1 N–H and O–H groups in total. The van der Waals surface area contributed by atoms with E-state index in [4.69, 9.17) is 4.74 Å². The predicted molar refractivity (Wildman–Crippen MR) is 59.4 cm³/mol. The SMILES string of the molecule is CC(C)(C)OC(=O)c1ncc2c(n1)NCC2. The molecule has 0 atom stereocenters. The van der Waals surface area contributed by atoms with Crippen LogP contribution in [0.1, 0.15) is 37.0 Å². The zero-order valence-electron chi connectivity index (χ0n) is 9.70. The minimum absolute atomic E-state index is 0.114. The van der Waals surface area contributed by atoms with Crippen molar-refractivity contribution in [2.24, 2.45) is 0 Å². The lowest BCUT2D eigenvalue weighted by Gasteiger charge is -2.18. The monoisotopic (exact) mass is 221 g/mol. The first-order valence-electron chi connectivity index (χ1n) is 5.29. The highest BCUT2D eigenvalue weighted by Crippen LogP contribution is 2.19. The Balaban J connectivity index is 2.19. The number of aromatic nitrogens is 2. The number of ether oxygens (including phenoxy) is 1. The Hall–Kier alpha value is -1.65. The summed E-state index contributed by atoms with van der Waals surface area (Å²) >= 11 is 0. The number of hydrogen-bond donors (Lipinski definition) is 1. The molecule has 0 aromatic carbocycles. The second-order valence-electron chi connectivity index (χ2n) is 4.75. The van der Waals surface area contributed by atoms with Gasteiger partial charge in [-0.05, 0) is 27.2 Å². The topological polar surface area (TPSA) is 64.1 Å². The summed E-state index contributed by atoms with van der Waals surface area (Å²) in [5.74, 6) is 0.378. The zero-order chi connectivity index (χ0) is 11.8. The summed E-state index contributed by atoms with van der Waals surface area (Å²) in [7, 11) is 0. The number of nitrogens with one attached hydrogen (secondary N) is 1. The number of esters is 1. The van der Waals surface area contributed by atoms with Gasteiger partial charge in [-0.1, -0.05) is 0 Å². The van der Waals surface area contributed by atoms with E-state index in [1.165, 1.54) is 0 Å². The average Bonchev–Trinajstić information content (AvgIpc) is 2.61. The van der Waals surface area contributed by atoms with Crippen LogP contribution in [0.4, 0.5) is 5.82 Å². The lowest BCUT2D eigenvalue weighted by molar-refractivity contribution is 0.00557. The molecule has 1 aliphatic rings. The second kappa shape index (κ2) is 3.73. The third-order valence-electron chi connectivity index (χ3n) is 2.13. The molecule has 0 radical (unpaired) electrons. The number of carbonyl (C=O) groups excluding carboxylic acids is 1. The van der Waals surface area contributed by atoms with Crippen LogP contribution in [0.15, 0.2) is 6.20 Å². The number of anilines is 1. The van der Waals surface area contributed by atoms with Gasteiger partial charge in [-0.25, -0.2) is 14.8 Å². The van der Waals surface area contributed by atoms with Gasteiger partial charge < -0.3 is 10.1 Å². The summed E-state index contributed by atoms with van der Waals surface area (Å²) in [6, 6.07) is 0. The Kier molecular flexibility index (Phi) is 2.53. The first-order valence-corrected chi connectivity index (χ1v) is 5.29. The van der Waals surface area contributed by atoms with E-state index in [1.807, 2.05) is 20.8 Å². The van der Waals surface area contributed by atoms with Gasteiger partial charge in [0, 0.05) is 18.3 Å². The van der Waals surface area contributed by atoms with E-state index >= 15 is 0 Å². The number of rotatable bonds is 1. The number of hydrogen-bond acceptors (Lipinski definition) is 5. The van der Waals surface area contributed by atoms with Gasteiger partial charge in [-0.15, -0.1) is 0 Å². The van der Waals surface area contributed by atoms with Gasteiger partial charge in [-0.3, -0.25) is 0 Å². The van der Waals surface area contributed by atoms with Crippen molar-refractivity contribution < 1.29 is 9.53 Å². The van der Waals surface area contributed by atoms with E-state index < -0.39 is 11.6 Å². The highest BCUT2D eigenvalue weighted by atomic mass is 16.6. The smallest absolute Gasteiger partial charge is 0.376 e. The van der Waals surface area contributed by atoms with Crippen LogP contribution in [0.3, 0.4) is 0 Å². The highest BCUT2D eigenvalue weighted by molar-refractivity contribution is 5.86. The van der Waals surface area contributed by atoms with Crippen molar-refractivity contribution in [1.29, 1.82) is 0 Å². The molecule has 0 saturated heterocycles. The van der Waals surface area contributed by atoms with Crippen molar-refractivity contribution >= 4 is 11.8 Å². The standard InChI is InChI=1S/C11H15N3O2/c1-11(2,3)16-10(15)9-13-6-7-4-5-12-8(7)14-9/h6H,4-5H2,1-3H3,(H,12,13,14). The van der Waals surface area contributed by atoms with Gasteiger partial charge in [0.15, 0.2) is 0 Å². The van der Waals surface area contributed by atoms with Crippen LogP contribution < -0.4 is 5.32 Å². The molecule has 0 spiro atoms. The van der Waals surface area contributed by atoms with Gasteiger partial charge in [0.1, 0.15) is 11.4 Å². The molecule has 5 nitrogen and oxygen atoms in total. The molecule has 0 unspecified atom stereocenters. The lowest BCUT2D eigenvalue weighted by atomic mass is 10.2. The van der Waals surface area contributed by atoms with Crippen molar-refractivity contribution in [3.05, 3.63) is 17.6 Å². The Morgan fingerprint density at radius 3 is 2.94 bits per heavy atom. The summed E-state index contributed by atoms with van der Waals surface area (Å²) in [5, 5.41) is 3.10. The van der Waals surface area contributed by atoms with Crippen LogP contribution in [0.5, 0.6) is 0 Å². The lowest BCUT2D eigenvalue weighted by Crippen LogP contribution is -2.25. The van der Waals surface area contributed by atoms with E-state index in [2.05, 4.69) is 15.3 Å². The Morgan fingerprint density at radius 1 is 1.50 bits per heavy atom. The molecule has 16 heavy (non-hydrogen) atoms. The van der Waals surface area contributed by atoms with Crippen LogP contribution in [0.2, 0.25) is 0 Å². The highest BCUT2D eigenvalue weighted by Gasteiger charge is 2.22. The molecule has 0 saturated carbocycles. The largest absolute Gasteiger partial charge is 0.454 e. The van der Waals surface area contributed by atoms with Gasteiger partial charge in [0.25, 0.3) is 0 Å². The number of fused-ring (bicyclic) bond motifs is 1. The van der Waals surface area contributed by atoms with Crippen molar-refractivity contribution in [3.8, 4) is 0 Å². The van der Waals surface area contributed by atoms with E-state index in [0.717, 1.165) is 24.3 Å². The zero-order valence-corrected chi connectivity index (χ0v) is 9.70. The van der Waals surface area contributed by atoms with E-state index in [9.17, 15) is 4.79 Å². The van der Waals surface area contributed by atoms with Crippen LogP contribution >= 0.6 is 0 Å². The van der Waals surface area contributed by atoms with Crippen LogP contribution in [0, 0.1) is 0 Å². The normalized spacial score (nSPS) is 14.2. The molecule has 86 valence electrons. The third-order valence-corrected chi connectivity index (χ3v) is 2.13. The molecule has 0 aliphatic carbocycles. The van der Waals surface area contributed by atoms with Crippen molar-refractivity contribution in [1.82, 2.24) is 9.97 Å². The van der Waals surface area contributed by atoms with Gasteiger partial charge in [-0.2, -0.15) is 0 Å². The predicted octanol–water partition coefficient (Wildman–Crippen LogP) is 1.40. The summed E-state index contributed by atoms with van der Waals surface area (Å²) in [6.45, 7) is 6.30. The quantitative estimate of drug-likeness (QED) is 0.726. The third kappa shape index (κ3) is 2.29. The summed E-state index contributed by atoms with van der Waals surface area (Å²) < 4.78 is 5.19. The van der Waals surface area contributed by atoms with E-state index in [-0.39, 0.29) is 5.82 Å². The molecular formula is C11H15N3O2. The summed E-state index contributed by atoms with van der Waals surface area (Å²) in [5.41, 5.74) is 0.527. The first kappa shape index (κ1) is 10.9. The van der Waals surface area contributed by atoms with E-state index in [1.54, 1.807) is 6.20 Å². The summed E-state index contributed by atoms with van der Waals surface area (Å²) in [4.78, 5) is 19.8. The molecule has 1 aromatic rings. The minimum atomic E-state index is -0.521. The van der Waals surface area contributed by atoms with Gasteiger partial charge in [0.05, 0.1) is 0 Å². The van der Waals surface area contributed by atoms with Gasteiger partial charge in [0.2, 0.25) is 5.82 Å². The molecule has 2 heterocycles. The Bertz CT molecular complexity index is 424. The Labute approximate surface area is 94.2 Å². The number of carbonyl (C=O) groups is 1. The average molecular weight is 221 g/mol. The van der Waals surface area contributed by atoms with Crippen molar-refractivity contribution in [2.45, 2.75) is 32.8 Å². The van der Waals surface area contributed by atoms with Crippen LogP contribution in [-0.4, -0.2) is 28.1 Å². The molecule has 1 aromatic heterocycles. The van der Waals surface area contributed by atoms with Gasteiger partial charge >= 0.3 is 5.97 Å². The van der Waals surface area contributed by atoms with Crippen LogP contribution in [0.25, 0.3) is 0 Å². The number of nitrogens with zero attached hydrogens (tertiary/aromatic N) is 2. The van der Waals surface area contributed by atoms with Crippen molar-refractivity contribution in [3.63, 3.8) is 0 Å². The molecule has 5 heteroatoms. The fourth-order valence-electron chi connectivity index (χ4n) is 1.48. The van der Waals surface area contributed by atoms with Crippen LogP contribution in [-0.2, 0) is 11.2 Å².